The summed E-state index contributed by atoms with van der Waals surface area (Å²) in [5.41, 5.74) is 8.84. The third kappa shape index (κ3) is 3.34. The van der Waals surface area contributed by atoms with Crippen LogP contribution in [0.25, 0.3) is 0 Å². The molecule has 0 saturated heterocycles. The highest BCUT2D eigenvalue weighted by molar-refractivity contribution is 6.04. The van der Waals surface area contributed by atoms with Crippen molar-refractivity contribution in [2.24, 2.45) is 11.7 Å². The zero-order valence-corrected chi connectivity index (χ0v) is 12.5. The van der Waals surface area contributed by atoms with E-state index >= 15 is 0 Å². The number of pyridine rings is 1. The summed E-state index contributed by atoms with van der Waals surface area (Å²) in [6, 6.07) is 11.3. The molecule has 1 aliphatic carbocycles. The van der Waals surface area contributed by atoms with Gasteiger partial charge < -0.3 is 11.1 Å². The van der Waals surface area contributed by atoms with Crippen LogP contribution in [-0.4, -0.2) is 10.9 Å². The molecule has 2 aromatic rings. The molecule has 114 valence electrons. The summed E-state index contributed by atoms with van der Waals surface area (Å²) in [6.07, 6.45) is 8.30. The van der Waals surface area contributed by atoms with E-state index in [4.69, 9.17) is 5.73 Å². The van der Waals surface area contributed by atoms with Gasteiger partial charge >= 0.3 is 0 Å². The van der Waals surface area contributed by atoms with E-state index in [2.05, 4.69) is 10.3 Å². The Bertz CT molecular complexity index is 619. The summed E-state index contributed by atoms with van der Waals surface area (Å²) in [5.74, 6) is 0.462. The second-order valence-corrected chi connectivity index (χ2v) is 5.88. The highest BCUT2D eigenvalue weighted by Gasteiger charge is 2.23. The predicted octanol–water partition coefficient (Wildman–Crippen LogP) is 3.52. The van der Waals surface area contributed by atoms with Crippen LogP contribution in [-0.2, 0) is 0 Å². The van der Waals surface area contributed by atoms with Crippen LogP contribution in [0.15, 0.2) is 48.8 Å². The van der Waals surface area contributed by atoms with Crippen molar-refractivity contribution in [3.8, 4) is 0 Å². The molecule has 0 spiro atoms. The molecule has 0 aliphatic heterocycles. The Morgan fingerprint density at radius 2 is 1.73 bits per heavy atom. The average Bonchev–Trinajstić information content (AvgIpc) is 3.10. The van der Waals surface area contributed by atoms with Gasteiger partial charge in [0.2, 0.25) is 0 Å². The maximum atomic E-state index is 12.2. The van der Waals surface area contributed by atoms with Crippen molar-refractivity contribution in [2.75, 3.05) is 5.32 Å². The van der Waals surface area contributed by atoms with Gasteiger partial charge in [-0.25, -0.2) is 0 Å². The number of aromatic nitrogens is 1. The fourth-order valence-corrected chi connectivity index (χ4v) is 3.08. The molecule has 1 atom stereocenters. The van der Waals surface area contributed by atoms with Crippen LogP contribution in [0.5, 0.6) is 0 Å². The third-order valence-corrected chi connectivity index (χ3v) is 4.40. The molecule has 22 heavy (non-hydrogen) atoms. The standard InChI is InChI=1S/C18H21N3O/c19-17(13-3-1-2-4-13)14-5-7-15(8-6-14)18(22)21-16-9-11-20-12-10-16/h5-13,17H,1-4,19H2,(H,20,21,22). The van der Waals surface area contributed by atoms with Crippen molar-refractivity contribution < 1.29 is 4.79 Å². The van der Waals surface area contributed by atoms with E-state index in [-0.39, 0.29) is 11.9 Å². The Morgan fingerprint density at radius 3 is 2.36 bits per heavy atom. The lowest BCUT2D eigenvalue weighted by Crippen LogP contribution is -2.19. The Hall–Kier alpha value is -2.20. The van der Waals surface area contributed by atoms with Crippen molar-refractivity contribution in [1.82, 2.24) is 4.98 Å². The molecule has 3 N–H and O–H groups in total. The van der Waals surface area contributed by atoms with E-state index in [0.717, 1.165) is 11.3 Å². The lowest BCUT2D eigenvalue weighted by molar-refractivity contribution is 0.102. The number of hydrogen-bond acceptors (Lipinski definition) is 3. The molecule has 1 aromatic carbocycles. The minimum atomic E-state index is -0.118. The van der Waals surface area contributed by atoms with E-state index in [0.29, 0.717) is 11.5 Å². The summed E-state index contributed by atoms with van der Waals surface area (Å²) in [4.78, 5) is 16.1. The molecule has 1 aromatic heterocycles. The first-order valence-corrected chi connectivity index (χ1v) is 7.81. The van der Waals surface area contributed by atoms with Crippen LogP contribution < -0.4 is 11.1 Å². The van der Waals surface area contributed by atoms with Crippen molar-refractivity contribution in [2.45, 2.75) is 31.7 Å². The molecule has 4 nitrogen and oxygen atoms in total. The zero-order valence-electron chi connectivity index (χ0n) is 12.5. The lowest BCUT2D eigenvalue weighted by atomic mass is 9.92. The number of carbonyl (C=O) groups excluding carboxylic acids is 1. The van der Waals surface area contributed by atoms with Gasteiger partial charge in [0.05, 0.1) is 0 Å². The van der Waals surface area contributed by atoms with Gasteiger partial charge in [0, 0.05) is 29.7 Å². The van der Waals surface area contributed by atoms with Crippen molar-refractivity contribution in [1.29, 1.82) is 0 Å². The zero-order chi connectivity index (χ0) is 15.4. The fourth-order valence-electron chi connectivity index (χ4n) is 3.08. The highest BCUT2D eigenvalue weighted by atomic mass is 16.1. The van der Waals surface area contributed by atoms with Crippen LogP contribution in [0.4, 0.5) is 5.69 Å². The first-order valence-electron chi connectivity index (χ1n) is 7.81. The maximum absolute atomic E-state index is 12.2. The van der Waals surface area contributed by atoms with Gasteiger partial charge in [0.25, 0.3) is 5.91 Å². The quantitative estimate of drug-likeness (QED) is 0.906. The number of rotatable bonds is 4. The number of nitrogens with zero attached hydrogens (tertiary/aromatic N) is 1. The first kappa shape index (κ1) is 14.7. The summed E-state index contributed by atoms with van der Waals surface area (Å²) in [5, 5.41) is 2.85. The molecule has 0 bridgehead atoms. The highest BCUT2D eigenvalue weighted by Crippen LogP contribution is 2.34. The van der Waals surface area contributed by atoms with Crippen LogP contribution in [0.1, 0.15) is 47.6 Å². The molecular formula is C18H21N3O. The van der Waals surface area contributed by atoms with Crippen molar-refractivity contribution >= 4 is 11.6 Å². The third-order valence-electron chi connectivity index (χ3n) is 4.40. The minimum absolute atomic E-state index is 0.0832. The second kappa shape index (κ2) is 6.71. The number of anilines is 1. The summed E-state index contributed by atoms with van der Waals surface area (Å²) in [6.45, 7) is 0. The number of benzene rings is 1. The molecule has 1 unspecified atom stereocenters. The van der Waals surface area contributed by atoms with Crippen molar-refractivity contribution in [3.05, 3.63) is 59.9 Å². The Labute approximate surface area is 130 Å². The van der Waals surface area contributed by atoms with Crippen LogP contribution in [0.3, 0.4) is 0 Å². The van der Waals surface area contributed by atoms with Gasteiger partial charge in [-0.15, -0.1) is 0 Å². The molecule has 0 radical (unpaired) electrons. The topological polar surface area (TPSA) is 68.0 Å². The van der Waals surface area contributed by atoms with E-state index in [1.807, 2.05) is 24.3 Å². The van der Waals surface area contributed by atoms with Gasteiger partial charge in [-0.2, -0.15) is 0 Å². The number of nitrogens with one attached hydrogen (secondary N) is 1. The number of carbonyl (C=O) groups is 1. The van der Waals surface area contributed by atoms with E-state index in [1.54, 1.807) is 24.5 Å². The van der Waals surface area contributed by atoms with Crippen LogP contribution >= 0.6 is 0 Å². The predicted molar refractivity (Wildman–Crippen MR) is 87.5 cm³/mol. The Morgan fingerprint density at radius 1 is 1.09 bits per heavy atom. The molecule has 1 fully saturated rings. The molecule has 1 heterocycles. The largest absolute Gasteiger partial charge is 0.324 e. The Kier molecular flexibility index (Phi) is 4.49. The number of amides is 1. The summed E-state index contributed by atoms with van der Waals surface area (Å²) < 4.78 is 0. The van der Waals surface area contributed by atoms with Gasteiger partial charge in [-0.3, -0.25) is 9.78 Å². The second-order valence-electron chi connectivity index (χ2n) is 5.88. The number of hydrogen-bond donors (Lipinski definition) is 2. The monoisotopic (exact) mass is 295 g/mol. The maximum Gasteiger partial charge on any atom is 0.255 e. The molecule has 1 aliphatic rings. The lowest BCUT2D eigenvalue weighted by Gasteiger charge is -2.19. The smallest absolute Gasteiger partial charge is 0.255 e. The van der Waals surface area contributed by atoms with Gasteiger partial charge in [0.15, 0.2) is 0 Å². The summed E-state index contributed by atoms with van der Waals surface area (Å²) >= 11 is 0. The van der Waals surface area contributed by atoms with Crippen LogP contribution in [0, 0.1) is 5.92 Å². The molecular weight excluding hydrogens is 274 g/mol. The minimum Gasteiger partial charge on any atom is -0.324 e. The molecule has 3 rings (SSSR count). The van der Waals surface area contributed by atoms with Crippen LogP contribution in [0.2, 0.25) is 0 Å². The fraction of sp³-hybridized carbons (Fsp3) is 0.333. The van der Waals surface area contributed by atoms with Crippen molar-refractivity contribution in [3.63, 3.8) is 0 Å². The van der Waals surface area contributed by atoms with Gasteiger partial charge in [-0.1, -0.05) is 25.0 Å². The van der Waals surface area contributed by atoms with Gasteiger partial charge in [0.1, 0.15) is 0 Å². The van der Waals surface area contributed by atoms with E-state index < -0.39 is 0 Å². The SMILES string of the molecule is NC(c1ccc(C(=O)Nc2ccncc2)cc1)C1CCCC1. The van der Waals surface area contributed by atoms with E-state index in [1.165, 1.54) is 25.7 Å². The number of nitrogens with two attached hydrogens (primary N) is 1. The molecule has 1 amide bonds. The molecule has 4 heteroatoms. The summed E-state index contributed by atoms with van der Waals surface area (Å²) in [7, 11) is 0. The first-order chi connectivity index (χ1) is 10.7. The normalized spacial score (nSPS) is 16.4. The Balaban J connectivity index is 1.67. The van der Waals surface area contributed by atoms with Gasteiger partial charge in [-0.05, 0) is 48.6 Å². The molecule has 1 saturated carbocycles. The van der Waals surface area contributed by atoms with E-state index in [9.17, 15) is 4.79 Å². The average molecular weight is 295 g/mol.